The van der Waals surface area contributed by atoms with E-state index < -0.39 is 0 Å². The SMILES string of the molecule is COC(=O)CCN(CCc1ccc(OC)cc1)C(=O)CC1CCCCC1. The molecular weight excluding hydrogens is 330 g/mol. The number of rotatable bonds is 9. The minimum atomic E-state index is -0.273. The first-order chi connectivity index (χ1) is 12.6. The average molecular weight is 361 g/mol. The van der Waals surface area contributed by atoms with Crippen molar-refractivity contribution < 1.29 is 19.1 Å². The summed E-state index contributed by atoms with van der Waals surface area (Å²) in [5.74, 6) is 1.21. The maximum Gasteiger partial charge on any atom is 0.307 e. The summed E-state index contributed by atoms with van der Waals surface area (Å²) in [5.41, 5.74) is 1.15. The first kappa shape index (κ1) is 20.3. The molecule has 1 aromatic carbocycles. The third kappa shape index (κ3) is 6.70. The van der Waals surface area contributed by atoms with E-state index in [1.807, 2.05) is 29.2 Å². The lowest BCUT2D eigenvalue weighted by atomic mass is 9.86. The highest BCUT2D eigenvalue weighted by molar-refractivity contribution is 5.77. The Balaban J connectivity index is 1.92. The molecule has 0 aromatic heterocycles. The molecule has 1 aliphatic rings. The second-order valence-electron chi connectivity index (χ2n) is 7.01. The van der Waals surface area contributed by atoms with Gasteiger partial charge in [-0.05, 0) is 42.9 Å². The van der Waals surface area contributed by atoms with Crippen LogP contribution in [0.25, 0.3) is 0 Å². The van der Waals surface area contributed by atoms with E-state index in [0.717, 1.165) is 30.6 Å². The maximum atomic E-state index is 12.8. The van der Waals surface area contributed by atoms with Crippen molar-refractivity contribution in [3.05, 3.63) is 29.8 Å². The quantitative estimate of drug-likeness (QED) is 0.631. The topological polar surface area (TPSA) is 55.8 Å². The Kier molecular flexibility index (Phi) is 8.45. The van der Waals surface area contributed by atoms with Crippen LogP contribution in [0.4, 0.5) is 0 Å². The zero-order valence-electron chi connectivity index (χ0n) is 16.0. The summed E-state index contributed by atoms with van der Waals surface area (Å²) in [4.78, 5) is 26.1. The predicted octanol–water partition coefficient (Wildman–Crippen LogP) is 3.60. The molecule has 0 radical (unpaired) electrons. The molecule has 144 valence electrons. The highest BCUT2D eigenvalue weighted by Crippen LogP contribution is 2.27. The number of esters is 1. The lowest BCUT2D eigenvalue weighted by Gasteiger charge is -2.27. The van der Waals surface area contributed by atoms with Crippen molar-refractivity contribution in [2.24, 2.45) is 5.92 Å². The lowest BCUT2D eigenvalue weighted by molar-refractivity contribution is -0.141. The van der Waals surface area contributed by atoms with Crippen LogP contribution < -0.4 is 4.74 Å². The number of nitrogens with zero attached hydrogens (tertiary/aromatic N) is 1. The van der Waals surface area contributed by atoms with Gasteiger partial charge in [-0.1, -0.05) is 31.4 Å². The van der Waals surface area contributed by atoms with Crippen molar-refractivity contribution in [1.29, 1.82) is 0 Å². The van der Waals surface area contributed by atoms with Gasteiger partial charge in [0, 0.05) is 19.5 Å². The summed E-state index contributed by atoms with van der Waals surface area (Å²) in [6.07, 6.45) is 7.65. The molecule has 0 atom stereocenters. The summed E-state index contributed by atoms with van der Waals surface area (Å²) in [7, 11) is 3.03. The Hall–Kier alpha value is -2.04. The number of methoxy groups -OCH3 is 2. The number of hydrogen-bond acceptors (Lipinski definition) is 4. The maximum absolute atomic E-state index is 12.8. The number of carbonyl (C=O) groups is 2. The zero-order chi connectivity index (χ0) is 18.8. The number of ether oxygens (including phenoxy) is 2. The molecule has 26 heavy (non-hydrogen) atoms. The fraction of sp³-hybridized carbons (Fsp3) is 0.619. The molecule has 0 aliphatic heterocycles. The van der Waals surface area contributed by atoms with Gasteiger partial charge in [0.1, 0.15) is 5.75 Å². The first-order valence-electron chi connectivity index (χ1n) is 9.60. The summed E-state index contributed by atoms with van der Waals surface area (Å²) in [6, 6.07) is 7.89. The second kappa shape index (κ2) is 10.8. The van der Waals surface area contributed by atoms with E-state index in [-0.39, 0.29) is 18.3 Å². The first-order valence-corrected chi connectivity index (χ1v) is 9.60. The minimum Gasteiger partial charge on any atom is -0.497 e. The molecule has 1 fully saturated rings. The van der Waals surface area contributed by atoms with Gasteiger partial charge in [-0.2, -0.15) is 0 Å². The molecule has 1 aromatic rings. The molecule has 5 nitrogen and oxygen atoms in total. The fourth-order valence-electron chi connectivity index (χ4n) is 3.51. The van der Waals surface area contributed by atoms with Gasteiger partial charge in [-0.3, -0.25) is 9.59 Å². The normalized spacial score (nSPS) is 14.7. The summed E-state index contributed by atoms with van der Waals surface area (Å²) in [5, 5.41) is 0. The van der Waals surface area contributed by atoms with E-state index in [9.17, 15) is 9.59 Å². The van der Waals surface area contributed by atoms with E-state index in [2.05, 4.69) is 0 Å². The molecule has 0 bridgehead atoms. The Morgan fingerprint density at radius 2 is 1.73 bits per heavy atom. The molecule has 1 amide bonds. The molecule has 1 saturated carbocycles. The Morgan fingerprint density at radius 1 is 1.04 bits per heavy atom. The average Bonchev–Trinajstić information content (AvgIpc) is 2.68. The minimum absolute atomic E-state index is 0.161. The van der Waals surface area contributed by atoms with Gasteiger partial charge in [0.25, 0.3) is 0 Å². The van der Waals surface area contributed by atoms with Crippen LogP contribution in [0.3, 0.4) is 0 Å². The number of benzene rings is 1. The van der Waals surface area contributed by atoms with Crippen molar-refractivity contribution in [3.63, 3.8) is 0 Å². The van der Waals surface area contributed by atoms with Crippen LogP contribution in [-0.2, 0) is 20.7 Å². The molecule has 5 heteroatoms. The number of amides is 1. The molecule has 1 aliphatic carbocycles. The van der Waals surface area contributed by atoms with Gasteiger partial charge >= 0.3 is 5.97 Å². The van der Waals surface area contributed by atoms with Gasteiger partial charge in [0.2, 0.25) is 5.91 Å². The summed E-state index contributed by atoms with van der Waals surface area (Å²) < 4.78 is 9.91. The third-order valence-corrected chi connectivity index (χ3v) is 5.18. The van der Waals surface area contributed by atoms with E-state index in [1.165, 1.54) is 26.4 Å². The van der Waals surface area contributed by atoms with Crippen LogP contribution in [0, 0.1) is 5.92 Å². The molecule has 0 heterocycles. The van der Waals surface area contributed by atoms with Crippen molar-refractivity contribution in [2.45, 2.75) is 51.4 Å². The molecule has 0 spiro atoms. The highest BCUT2D eigenvalue weighted by atomic mass is 16.5. The zero-order valence-corrected chi connectivity index (χ0v) is 16.0. The Labute approximate surface area is 156 Å². The van der Waals surface area contributed by atoms with Crippen LogP contribution in [0.1, 0.15) is 50.5 Å². The van der Waals surface area contributed by atoms with Crippen LogP contribution in [0.2, 0.25) is 0 Å². The number of carbonyl (C=O) groups excluding carboxylic acids is 2. The highest BCUT2D eigenvalue weighted by Gasteiger charge is 2.21. The van der Waals surface area contributed by atoms with Crippen LogP contribution in [0.5, 0.6) is 5.75 Å². The van der Waals surface area contributed by atoms with Gasteiger partial charge in [-0.15, -0.1) is 0 Å². The largest absolute Gasteiger partial charge is 0.497 e. The van der Waals surface area contributed by atoms with Crippen LogP contribution in [-0.4, -0.2) is 44.1 Å². The van der Waals surface area contributed by atoms with Gasteiger partial charge in [-0.25, -0.2) is 0 Å². The monoisotopic (exact) mass is 361 g/mol. The van der Waals surface area contributed by atoms with Crippen molar-refractivity contribution in [2.75, 3.05) is 27.3 Å². The molecule has 0 saturated heterocycles. The standard InChI is InChI=1S/C21H31NO4/c1-25-19-10-8-17(9-11-19)12-14-22(15-13-21(24)26-2)20(23)16-18-6-4-3-5-7-18/h8-11,18H,3-7,12-16H2,1-2H3. The van der Waals surface area contributed by atoms with E-state index in [4.69, 9.17) is 9.47 Å². The summed E-state index contributed by atoms with van der Waals surface area (Å²) in [6.45, 7) is 1.04. The van der Waals surface area contributed by atoms with Crippen molar-refractivity contribution in [3.8, 4) is 5.75 Å². The van der Waals surface area contributed by atoms with E-state index >= 15 is 0 Å². The van der Waals surface area contributed by atoms with Gasteiger partial charge < -0.3 is 14.4 Å². The van der Waals surface area contributed by atoms with Crippen molar-refractivity contribution in [1.82, 2.24) is 4.90 Å². The summed E-state index contributed by atoms with van der Waals surface area (Å²) >= 11 is 0. The van der Waals surface area contributed by atoms with Gasteiger partial charge in [0.15, 0.2) is 0 Å². The van der Waals surface area contributed by atoms with Gasteiger partial charge in [0.05, 0.1) is 20.6 Å². The van der Waals surface area contributed by atoms with E-state index in [0.29, 0.717) is 25.4 Å². The molecule has 0 N–H and O–H groups in total. The second-order valence-corrected chi connectivity index (χ2v) is 7.01. The Morgan fingerprint density at radius 3 is 2.35 bits per heavy atom. The lowest BCUT2D eigenvalue weighted by Crippen LogP contribution is -2.36. The predicted molar refractivity (Wildman–Crippen MR) is 101 cm³/mol. The molecule has 0 unspecified atom stereocenters. The Bertz CT molecular complexity index is 564. The number of hydrogen-bond donors (Lipinski definition) is 0. The van der Waals surface area contributed by atoms with Crippen LogP contribution >= 0.6 is 0 Å². The molecule has 2 rings (SSSR count). The van der Waals surface area contributed by atoms with E-state index in [1.54, 1.807) is 7.11 Å². The fourth-order valence-corrected chi connectivity index (χ4v) is 3.51. The third-order valence-electron chi connectivity index (χ3n) is 5.18. The smallest absolute Gasteiger partial charge is 0.307 e. The van der Waals surface area contributed by atoms with Crippen molar-refractivity contribution >= 4 is 11.9 Å². The molecular formula is C21H31NO4. The van der Waals surface area contributed by atoms with Crippen LogP contribution in [0.15, 0.2) is 24.3 Å².